The molecule has 0 fully saturated rings. The van der Waals surface area contributed by atoms with Crippen molar-refractivity contribution in [3.8, 4) is 5.75 Å². The molecule has 42 heavy (non-hydrogen) atoms. The van der Waals surface area contributed by atoms with Crippen LogP contribution in [0.5, 0.6) is 5.75 Å². The van der Waals surface area contributed by atoms with Gasteiger partial charge >= 0.3 is 0 Å². The summed E-state index contributed by atoms with van der Waals surface area (Å²) in [5.41, 5.74) is 5.25. The van der Waals surface area contributed by atoms with Crippen LogP contribution in [0.3, 0.4) is 0 Å². The summed E-state index contributed by atoms with van der Waals surface area (Å²) in [6, 6.07) is 7.44. The normalized spacial score (nSPS) is 10.7. The minimum atomic E-state index is -0.345. The van der Waals surface area contributed by atoms with Gasteiger partial charge < -0.3 is 35.4 Å². The second-order valence-electron chi connectivity index (χ2n) is 10.1. The van der Waals surface area contributed by atoms with Crippen molar-refractivity contribution in [1.82, 2.24) is 14.9 Å². The van der Waals surface area contributed by atoms with Crippen LogP contribution >= 0.6 is 11.6 Å². The van der Waals surface area contributed by atoms with Gasteiger partial charge in [-0.25, -0.2) is 4.98 Å². The number of hydrogen-bond donors (Lipinski definition) is 3. The molecule has 0 unspecified atom stereocenters. The van der Waals surface area contributed by atoms with Gasteiger partial charge in [-0.15, -0.1) is 0 Å². The second-order valence-corrected chi connectivity index (χ2v) is 10.5. The van der Waals surface area contributed by atoms with Crippen LogP contribution < -0.4 is 30.5 Å². The van der Waals surface area contributed by atoms with Crippen molar-refractivity contribution >= 4 is 63.6 Å². The molecule has 0 atom stereocenters. The first-order valence-corrected chi connectivity index (χ1v) is 13.7. The average molecular weight is 595 g/mol. The standard InChI is InChI=1S/C30H39ClN8O3/c1-10-27(41)33-23-15-24(26(42-9)16-25(23)38(7)14-13-37(5)6)35-30-32-17-21(31)29(36-30)34-22-12-11-18(2)19(3)28(22)39(8)20(4)40/h10-12,15-17H,1,13-14H2,2-9H3,(H,33,41)(H2,32,34,35,36). The number of halogens is 1. The fourth-order valence-electron chi connectivity index (χ4n) is 4.16. The predicted molar refractivity (Wildman–Crippen MR) is 172 cm³/mol. The summed E-state index contributed by atoms with van der Waals surface area (Å²) in [6.45, 7) is 10.6. The van der Waals surface area contributed by atoms with Crippen LogP contribution in [0.1, 0.15) is 18.1 Å². The maximum Gasteiger partial charge on any atom is 0.247 e. The fourth-order valence-corrected chi connectivity index (χ4v) is 4.30. The van der Waals surface area contributed by atoms with E-state index in [1.54, 1.807) is 25.1 Å². The van der Waals surface area contributed by atoms with E-state index in [1.165, 1.54) is 19.2 Å². The number of rotatable bonds is 12. The minimum absolute atomic E-state index is 0.106. The number of ether oxygens (including phenoxy) is 1. The smallest absolute Gasteiger partial charge is 0.247 e. The van der Waals surface area contributed by atoms with E-state index in [2.05, 4.69) is 37.4 Å². The van der Waals surface area contributed by atoms with Crippen LogP contribution in [-0.2, 0) is 9.59 Å². The van der Waals surface area contributed by atoms with Crippen LogP contribution in [0.2, 0.25) is 5.02 Å². The molecule has 3 N–H and O–H groups in total. The molecule has 0 aliphatic heterocycles. The van der Waals surface area contributed by atoms with Crippen molar-refractivity contribution in [2.75, 3.05) is 74.1 Å². The van der Waals surface area contributed by atoms with Crippen molar-refractivity contribution in [1.29, 1.82) is 0 Å². The van der Waals surface area contributed by atoms with Crippen molar-refractivity contribution in [2.45, 2.75) is 20.8 Å². The quantitative estimate of drug-likeness (QED) is 0.239. The number of carbonyl (C=O) groups is 2. The third-order valence-corrected chi connectivity index (χ3v) is 7.08. The zero-order valence-electron chi connectivity index (χ0n) is 25.4. The Balaban J connectivity index is 2.02. The van der Waals surface area contributed by atoms with Crippen LogP contribution in [-0.4, -0.2) is 75.1 Å². The van der Waals surface area contributed by atoms with Crippen LogP contribution in [0.25, 0.3) is 0 Å². The Hall–Kier alpha value is -4.35. The van der Waals surface area contributed by atoms with E-state index in [-0.39, 0.29) is 17.8 Å². The third-order valence-electron chi connectivity index (χ3n) is 6.81. The van der Waals surface area contributed by atoms with Gasteiger partial charge in [0.1, 0.15) is 10.8 Å². The number of anilines is 7. The summed E-state index contributed by atoms with van der Waals surface area (Å²) in [5.74, 6) is 0.647. The van der Waals surface area contributed by atoms with Gasteiger partial charge in [0.25, 0.3) is 0 Å². The number of nitrogens with zero attached hydrogens (tertiary/aromatic N) is 5. The Labute approximate surface area is 252 Å². The van der Waals surface area contributed by atoms with Gasteiger partial charge in [0.05, 0.1) is 41.7 Å². The largest absolute Gasteiger partial charge is 0.494 e. The molecule has 11 nitrogen and oxygen atoms in total. The zero-order valence-corrected chi connectivity index (χ0v) is 26.2. The summed E-state index contributed by atoms with van der Waals surface area (Å²) in [7, 11) is 9.23. The maximum atomic E-state index is 12.3. The van der Waals surface area contributed by atoms with Crippen LogP contribution in [0, 0.1) is 13.8 Å². The molecule has 12 heteroatoms. The number of aromatic nitrogens is 2. The molecule has 2 aromatic carbocycles. The highest BCUT2D eigenvalue weighted by Gasteiger charge is 2.19. The summed E-state index contributed by atoms with van der Waals surface area (Å²) in [4.78, 5) is 39.2. The third kappa shape index (κ3) is 7.68. The molecule has 0 saturated heterocycles. The molecule has 0 aliphatic rings. The number of likely N-dealkylation sites (N-methyl/N-ethyl adjacent to an activating group) is 2. The molecular weight excluding hydrogens is 556 g/mol. The van der Waals surface area contributed by atoms with E-state index >= 15 is 0 Å². The summed E-state index contributed by atoms with van der Waals surface area (Å²) < 4.78 is 5.69. The Morgan fingerprint density at radius 1 is 1.05 bits per heavy atom. The molecular formula is C30H39ClN8O3. The molecule has 3 aromatic rings. The second kappa shape index (κ2) is 14.0. The summed E-state index contributed by atoms with van der Waals surface area (Å²) >= 11 is 6.49. The van der Waals surface area contributed by atoms with Gasteiger partial charge in [-0.05, 0) is 57.3 Å². The van der Waals surface area contributed by atoms with E-state index in [1.807, 2.05) is 58.1 Å². The number of benzene rings is 2. The topological polar surface area (TPSA) is 115 Å². The zero-order chi connectivity index (χ0) is 31.1. The van der Waals surface area contributed by atoms with Crippen molar-refractivity contribution in [2.24, 2.45) is 0 Å². The van der Waals surface area contributed by atoms with Gasteiger partial charge in [-0.1, -0.05) is 24.2 Å². The molecule has 3 rings (SSSR count). The van der Waals surface area contributed by atoms with Gasteiger partial charge in [-0.2, -0.15) is 4.98 Å². The molecule has 0 saturated carbocycles. The fraction of sp³-hybridized carbons (Fsp3) is 0.333. The summed E-state index contributed by atoms with van der Waals surface area (Å²) in [6.07, 6.45) is 2.69. The number of methoxy groups -OCH3 is 1. The lowest BCUT2D eigenvalue weighted by Crippen LogP contribution is -2.29. The van der Waals surface area contributed by atoms with E-state index < -0.39 is 0 Å². The van der Waals surface area contributed by atoms with Gasteiger partial charge in [-0.3, -0.25) is 9.59 Å². The van der Waals surface area contributed by atoms with Crippen molar-refractivity contribution in [3.05, 3.63) is 59.3 Å². The Morgan fingerprint density at radius 3 is 2.38 bits per heavy atom. The Morgan fingerprint density at radius 2 is 1.76 bits per heavy atom. The highest BCUT2D eigenvalue weighted by molar-refractivity contribution is 6.33. The predicted octanol–water partition coefficient (Wildman–Crippen LogP) is 5.35. The first-order valence-electron chi connectivity index (χ1n) is 13.3. The maximum absolute atomic E-state index is 12.3. The molecule has 1 heterocycles. The molecule has 1 aromatic heterocycles. The number of hydrogen-bond acceptors (Lipinski definition) is 9. The Kier molecular flexibility index (Phi) is 10.7. The molecule has 2 amide bonds. The lowest BCUT2D eigenvalue weighted by atomic mass is 10.1. The lowest BCUT2D eigenvalue weighted by molar-refractivity contribution is -0.116. The lowest BCUT2D eigenvalue weighted by Gasteiger charge is -2.26. The molecule has 224 valence electrons. The SMILES string of the molecule is C=CC(=O)Nc1cc(Nc2ncc(Cl)c(Nc3ccc(C)c(C)c3N(C)C(C)=O)n2)c(OC)cc1N(C)CCN(C)C. The van der Waals surface area contributed by atoms with Crippen molar-refractivity contribution in [3.63, 3.8) is 0 Å². The first kappa shape index (κ1) is 32.2. The summed E-state index contributed by atoms with van der Waals surface area (Å²) in [5, 5.41) is 9.62. The number of nitrogens with one attached hydrogen (secondary N) is 3. The minimum Gasteiger partial charge on any atom is -0.494 e. The highest BCUT2D eigenvalue weighted by atomic mass is 35.5. The molecule has 0 bridgehead atoms. The van der Waals surface area contributed by atoms with Gasteiger partial charge in [0.15, 0.2) is 5.82 Å². The van der Waals surface area contributed by atoms with Crippen LogP contribution in [0.4, 0.5) is 40.2 Å². The molecule has 0 aliphatic carbocycles. The average Bonchev–Trinajstić information content (AvgIpc) is 2.95. The van der Waals surface area contributed by atoms with Crippen molar-refractivity contribution < 1.29 is 14.3 Å². The molecule has 0 radical (unpaired) electrons. The van der Waals surface area contributed by atoms with E-state index in [4.69, 9.17) is 16.3 Å². The van der Waals surface area contributed by atoms with Gasteiger partial charge in [0.2, 0.25) is 17.8 Å². The van der Waals surface area contributed by atoms with E-state index in [0.29, 0.717) is 40.2 Å². The molecule has 0 spiro atoms. The number of carbonyl (C=O) groups excluding carboxylic acids is 2. The van der Waals surface area contributed by atoms with E-state index in [0.717, 1.165) is 29.0 Å². The first-order chi connectivity index (χ1) is 19.9. The van der Waals surface area contributed by atoms with Gasteiger partial charge in [0, 0.05) is 40.2 Å². The highest BCUT2D eigenvalue weighted by Crippen LogP contribution is 2.39. The monoisotopic (exact) mass is 594 g/mol. The van der Waals surface area contributed by atoms with E-state index in [9.17, 15) is 9.59 Å². The van der Waals surface area contributed by atoms with Crippen LogP contribution in [0.15, 0.2) is 43.1 Å². The number of amides is 2. The Bertz CT molecular complexity index is 1480. The number of aryl methyl sites for hydroxylation is 1.